The first-order valence-electron chi connectivity index (χ1n) is 6.00. The number of hydrogen-bond acceptors (Lipinski definition) is 3. The molecule has 1 aliphatic carbocycles. The average Bonchev–Trinajstić information content (AvgIpc) is 2.48. The second-order valence-corrected chi connectivity index (χ2v) is 4.34. The Kier molecular flexibility index (Phi) is 3.66. The highest BCUT2D eigenvalue weighted by Gasteiger charge is 2.14. The summed E-state index contributed by atoms with van der Waals surface area (Å²) in [6, 6.07) is 0.668. The second-order valence-electron chi connectivity index (χ2n) is 4.34. The molecule has 0 aromatic heterocycles. The van der Waals surface area contributed by atoms with Gasteiger partial charge in [-0.1, -0.05) is 25.7 Å². The summed E-state index contributed by atoms with van der Waals surface area (Å²) in [6.07, 6.45) is 9.41. The smallest absolute Gasteiger partial charge is 0.191 e. The predicted octanol–water partition coefficient (Wildman–Crippen LogP) is 1.65. The number of hydrogen-bond donors (Lipinski definition) is 2. The molecule has 2 N–H and O–H groups in total. The minimum Gasteiger partial charge on any atom is -0.356 e. The van der Waals surface area contributed by atoms with E-state index in [4.69, 9.17) is 0 Å². The molecule has 1 aliphatic heterocycles. The van der Waals surface area contributed by atoms with Crippen LogP contribution in [-0.2, 0) is 0 Å². The first kappa shape index (κ1) is 9.81. The Labute approximate surface area is 86.4 Å². The standard InChI is InChI=1S/C11H21N3/c1-2-4-7-10(6-3-1)14-11-12-8-5-9-13-11/h10H,1-9H2,(H2,12,13,14). The van der Waals surface area contributed by atoms with Crippen LogP contribution in [0.1, 0.15) is 44.9 Å². The van der Waals surface area contributed by atoms with E-state index >= 15 is 0 Å². The molecule has 0 radical (unpaired) electrons. The molecule has 0 atom stereocenters. The molecule has 14 heavy (non-hydrogen) atoms. The molecule has 0 aromatic carbocycles. The Morgan fingerprint density at radius 1 is 1.07 bits per heavy atom. The van der Waals surface area contributed by atoms with Gasteiger partial charge in [-0.3, -0.25) is 4.99 Å². The fraction of sp³-hybridized carbons (Fsp3) is 0.909. The average molecular weight is 195 g/mol. The summed E-state index contributed by atoms with van der Waals surface area (Å²) in [5.74, 6) is 1.04. The van der Waals surface area contributed by atoms with Gasteiger partial charge in [0.1, 0.15) is 0 Å². The quantitative estimate of drug-likeness (QED) is 0.624. The van der Waals surface area contributed by atoms with Crippen LogP contribution >= 0.6 is 0 Å². The van der Waals surface area contributed by atoms with E-state index in [2.05, 4.69) is 15.6 Å². The van der Waals surface area contributed by atoms with Crippen molar-refractivity contribution in [1.29, 1.82) is 0 Å². The van der Waals surface area contributed by atoms with Crippen molar-refractivity contribution in [1.82, 2.24) is 10.6 Å². The highest BCUT2D eigenvalue weighted by atomic mass is 15.2. The number of aliphatic imine (C=N–C) groups is 1. The lowest BCUT2D eigenvalue weighted by molar-refractivity contribution is 0.519. The van der Waals surface area contributed by atoms with Crippen LogP contribution in [-0.4, -0.2) is 25.1 Å². The van der Waals surface area contributed by atoms with E-state index in [0.29, 0.717) is 6.04 Å². The maximum absolute atomic E-state index is 4.45. The molecule has 0 spiro atoms. The van der Waals surface area contributed by atoms with Gasteiger partial charge in [-0.2, -0.15) is 0 Å². The molecule has 0 amide bonds. The predicted molar refractivity (Wildman–Crippen MR) is 59.5 cm³/mol. The van der Waals surface area contributed by atoms with Gasteiger partial charge in [-0.15, -0.1) is 0 Å². The van der Waals surface area contributed by atoms with Crippen LogP contribution in [0.2, 0.25) is 0 Å². The summed E-state index contributed by atoms with van der Waals surface area (Å²) < 4.78 is 0. The molecule has 0 bridgehead atoms. The van der Waals surface area contributed by atoms with Crippen molar-refractivity contribution in [3.8, 4) is 0 Å². The monoisotopic (exact) mass is 195 g/mol. The lowest BCUT2D eigenvalue weighted by Gasteiger charge is -2.22. The zero-order valence-electron chi connectivity index (χ0n) is 8.89. The summed E-state index contributed by atoms with van der Waals surface area (Å²) in [6.45, 7) is 2.07. The molecule has 0 saturated heterocycles. The van der Waals surface area contributed by atoms with E-state index < -0.39 is 0 Å². The van der Waals surface area contributed by atoms with Crippen molar-refractivity contribution in [3.05, 3.63) is 0 Å². The maximum Gasteiger partial charge on any atom is 0.191 e. The Morgan fingerprint density at radius 3 is 2.50 bits per heavy atom. The van der Waals surface area contributed by atoms with Gasteiger partial charge < -0.3 is 10.6 Å². The summed E-state index contributed by atoms with van der Waals surface area (Å²) in [7, 11) is 0. The summed E-state index contributed by atoms with van der Waals surface area (Å²) in [5.41, 5.74) is 0. The first-order valence-corrected chi connectivity index (χ1v) is 6.00. The van der Waals surface area contributed by atoms with E-state index in [1.807, 2.05) is 0 Å². The minimum absolute atomic E-state index is 0.668. The summed E-state index contributed by atoms with van der Waals surface area (Å²) >= 11 is 0. The third-order valence-electron chi connectivity index (χ3n) is 3.09. The van der Waals surface area contributed by atoms with Gasteiger partial charge in [0, 0.05) is 19.1 Å². The number of rotatable bonds is 1. The van der Waals surface area contributed by atoms with Gasteiger partial charge in [-0.05, 0) is 19.3 Å². The van der Waals surface area contributed by atoms with Crippen molar-refractivity contribution < 1.29 is 0 Å². The Balaban J connectivity index is 1.79. The fourth-order valence-electron chi connectivity index (χ4n) is 2.25. The number of nitrogens with zero attached hydrogens (tertiary/aromatic N) is 1. The largest absolute Gasteiger partial charge is 0.356 e. The van der Waals surface area contributed by atoms with Gasteiger partial charge in [-0.25, -0.2) is 0 Å². The first-order chi connectivity index (χ1) is 6.95. The number of guanidine groups is 1. The highest BCUT2D eigenvalue weighted by Crippen LogP contribution is 2.17. The zero-order valence-corrected chi connectivity index (χ0v) is 8.89. The lowest BCUT2D eigenvalue weighted by Crippen LogP contribution is -2.45. The molecule has 2 aliphatic rings. The van der Waals surface area contributed by atoms with Crippen molar-refractivity contribution in [2.75, 3.05) is 13.1 Å². The Morgan fingerprint density at radius 2 is 1.86 bits per heavy atom. The van der Waals surface area contributed by atoms with E-state index in [1.54, 1.807) is 0 Å². The fourth-order valence-corrected chi connectivity index (χ4v) is 2.25. The van der Waals surface area contributed by atoms with Gasteiger partial charge in [0.15, 0.2) is 5.96 Å². The van der Waals surface area contributed by atoms with Crippen LogP contribution in [0.25, 0.3) is 0 Å². The molecule has 80 valence electrons. The van der Waals surface area contributed by atoms with Crippen molar-refractivity contribution in [3.63, 3.8) is 0 Å². The van der Waals surface area contributed by atoms with Crippen molar-refractivity contribution in [2.45, 2.75) is 51.0 Å². The normalized spacial score (nSPS) is 24.7. The van der Waals surface area contributed by atoms with E-state index in [-0.39, 0.29) is 0 Å². The van der Waals surface area contributed by atoms with Crippen LogP contribution in [0.5, 0.6) is 0 Å². The lowest BCUT2D eigenvalue weighted by atomic mass is 10.1. The van der Waals surface area contributed by atoms with E-state index in [0.717, 1.165) is 19.0 Å². The molecule has 2 rings (SSSR count). The van der Waals surface area contributed by atoms with Gasteiger partial charge >= 0.3 is 0 Å². The second kappa shape index (κ2) is 5.23. The van der Waals surface area contributed by atoms with Crippen LogP contribution in [0.3, 0.4) is 0 Å². The maximum atomic E-state index is 4.45. The summed E-state index contributed by atoms with van der Waals surface area (Å²) in [5, 5.41) is 6.86. The van der Waals surface area contributed by atoms with Gasteiger partial charge in [0.05, 0.1) is 0 Å². The van der Waals surface area contributed by atoms with Crippen molar-refractivity contribution >= 4 is 5.96 Å². The Bertz CT molecular complexity index is 193. The molecule has 0 aromatic rings. The third-order valence-corrected chi connectivity index (χ3v) is 3.09. The molecule has 3 heteroatoms. The SMILES string of the molecule is C1CCCC(NC2=NCCCN2)CC1. The Hall–Kier alpha value is -0.730. The van der Waals surface area contributed by atoms with Crippen LogP contribution in [0.15, 0.2) is 4.99 Å². The van der Waals surface area contributed by atoms with Gasteiger partial charge in [0.2, 0.25) is 0 Å². The topological polar surface area (TPSA) is 36.4 Å². The van der Waals surface area contributed by atoms with E-state index in [9.17, 15) is 0 Å². The number of nitrogens with one attached hydrogen (secondary N) is 2. The minimum atomic E-state index is 0.668. The molecular weight excluding hydrogens is 174 g/mol. The third kappa shape index (κ3) is 2.89. The molecule has 1 saturated carbocycles. The molecule has 1 fully saturated rings. The van der Waals surface area contributed by atoms with Crippen LogP contribution < -0.4 is 10.6 Å². The molecule has 0 unspecified atom stereocenters. The summed E-state index contributed by atoms with van der Waals surface area (Å²) in [4.78, 5) is 4.45. The molecule has 1 heterocycles. The van der Waals surface area contributed by atoms with Crippen LogP contribution in [0, 0.1) is 0 Å². The molecular formula is C11H21N3. The van der Waals surface area contributed by atoms with Crippen LogP contribution in [0.4, 0.5) is 0 Å². The van der Waals surface area contributed by atoms with E-state index in [1.165, 1.54) is 44.9 Å². The van der Waals surface area contributed by atoms with Crippen molar-refractivity contribution in [2.24, 2.45) is 4.99 Å². The highest BCUT2D eigenvalue weighted by molar-refractivity contribution is 5.80. The molecule has 3 nitrogen and oxygen atoms in total. The van der Waals surface area contributed by atoms with Gasteiger partial charge in [0.25, 0.3) is 0 Å². The zero-order chi connectivity index (χ0) is 9.64.